The van der Waals surface area contributed by atoms with E-state index in [1.807, 2.05) is 0 Å². The Labute approximate surface area is 123 Å². The minimum absolute atomic E-state index is 0.00295. The maximum absolute atomic E-state index is 10.8. The lowest BCUT2D eigenvalue weighted by atomic mass is 10.2. The Morgan fingerprint density at radius 1 is 1.15 bits per heavy atom. The predicted molar refractivity (Wildman–Crippen MR) is 77.3 cm³/mol. The predicted octanol–water partition coefficient (Wildman–Crippen LogP) is 4.22. The third kappa shape index (κ3) is 2.11. The number of fused-ring (bicyclic) bond motifs is 1. The topological polar surface area (TPSA) is 60.4 Å². The number of hydrogen-bond acceptors (Lipinski definition) is 3. The standard InChI is InChI=1S/C13H7Cl2N3O2/c14-10-3-1-8(5-11(10)15)12-6-16-13-4-2-9(18(19)20)7-17(12)13/h1-7H. The van der Waals surface area contributed by atoms with E-state index in [2.05, 4.69) is 4.98 Å². The zero-order valence-corrected chi connectivity index (χ0v) is 11.5. The second-order valence-electron chi connectivity index (χ2n) is 4.14. The van der Waals surface area contributed by atoms with Crippen LogP contribution in [0.4, 0.5) is 5.69 Å². The first-order chi connectivity index (χ1) is 9.56. The number of imidazole rings is 1. The average Bonchev–Trinajstić information content (AvgIpc) is 2.84. The van der Waals surface area contributed by atoms with Crippen molar-refractivity contribution >= 4 is 34.5 Å². The van der Waals surface area contributed by atoms with Crippen molar-refractivity contribution in [1.82, 2.24) is 9.38 Å². The molecule has 0 aliphatic heterocycles. The normalized spacial score (nSPS) is 10.9. The van der Waals surface area contributed by atoms with E-state index in [0.29, 0.717) is 21.4 Å². The monoisotopic (exact) mass is 307 g/mol. The number of pyridine rings is 1. The van der Waals surface area contributed by atoms with Gasteiger partial charge in [-0.2, -0.15) is 0 Å². The molecule has 0 bridgehead atoms. The molecular weight excluding hydrogens is 301 g/mol. The first-order valence-corrected chi connectivity index (χ1v) is 6.39. The molecule has 3 aromatic rings. The van der Waals surface area contributed by atoms with E-state index < -0.39 is 4.92 Å². The van der Waals surface area contributed by atoms with E-state index in [-0.39, 0.29) is 5.69 Å². The van der Waals surface area contributed by atoms with E-state index in [9.17, 15) is 10.1 Å². The summed E-state index contributed by atoms with van der Waals surface area (Å²) in [7, 11) is 0. The number of rotatable bonds is 2. The molecule has 0 saturated carbocycles. The molecule has 1 aromatic carbocycles. The molecule has 0 radical (unpaired) electrons. The van der Waals surface area contributed by atoms with Crippen LogP contribution in [0, 0.1) is 10.1 Å². The van der Waals surface area contributed by atoms with Crippen molar-refractivity contribution in [1.29, 1.82) is 0 Å². The fourth-order valence-corrected chi connectivity index (χ4v) is 2.24. The Balaban J connectivity index is 2.22. The van der Waals surface area contributed by atoms with Gasteiger partial charge in [-0.25, -0.2) is 4.98 Å². The number of halogens is 2. The van der Waals surface area contributed by atoms with Gasteiger partial charge in [-0.1, -0.05) is 29.3 Å². The van der Waals surface area contributed by atoms with Crippen LogP contribution in [0.3, 0.4) is 0 Å². The van der Waals surface area contributed by atoms with Crippen LogP contribution in [0.2, 0.25) is 10.0 Å². The Kier molecular flexibility index (Phi) is 3.08. The van der Waals surface area contributed by atoms with Crippen LogP contribution < -0.4 is 0 Å². The summed E-state index contributed by atoms with van der Waals surface area (Å²) in [5, 5.41) is 11.7. The molecule has 0 spiro atoms. The van der Waals surface area contributed by atoms with Crippen molar-refractivity contribution in [2.75, 3.05) is 0 Å². The summed E-state index contributed by atoms with van der Waals surface area (Å²) in [6, 6.07) is 8.18. The molecule has 0 N–H and O–H groups in total. The van der Waals surface area contributed by atoms with Gasteiger partial charge in [0.15, 0.2) is 0 Å². The molecule has 0 fully saturated rings. The average molecular weight is 308 g/mol. The molecule has 20 heavy (non-hydrogen) atoms. The quantitative estimate of drug-likeness (QED) is 0.526. The summed E-state index contributed by atoms with van der Waals surface area (Å²) in [4.78, 5) is 14.6. The number of benzene rings is 1. The van der Waals surface area contributed by atoms with E-state index in [4.69, 9.17) is 23.2 Å². The summed E-state index contributed by atoms with van der Waals surface area (Å²) in [6.45, 7) is 0. The number of aromatic nitrogens is 2. The molecular formula is C13H7Cl2N3O2. The van der Waals surface area contributed by atoms with Crippen LogP contribution in [0.25, 0.3) is 16.9 Å². The van der Waals surface area contributed by atoms with Crippen LogP contribution in [0.15, 0.2) is 42.7 Å². The van der Waals surface area contributed by atoms with E-state index in [1.54, 1.807) is 34.9 Å². The van der Waals surface area contributed by atoms with Gasteiger partial charge in [0.2, 0.25) is 0 Å². The summed E-state index contributed by atoms with van der Waals surface area (Å²) < 4.78 is 1.65. The molecule has 5 nitrogen and oxygen atoms in total. The molecule has 0 aliphatic carbocycles. The van der Waals surface area contributed by atoms with Gasteiger partial charge >= 0.3 is 0 Å². The summed E-state index contributed by atoms with van der Waals surface area (Å²) in [6.07, 6.45) is 3.07. The van der Waals surface area contributed by atoms with Gasteiger partial charge in [0, 0.05) is 11.6 Å². The van der Waals surface area contributed by atoms with Gasteiger partial charge in [-0.3, -0.25) is 14.5 Å². The van der Waals surface area contributed by atoms with Crippen LogP contribution in [0.1, 0.15) is 0 Å². The van der Waals surface area contributed by atoms with Crippen LogP contribution in [-0.2, 0) is 0 Å². The van der Waals surface area contributed by atoms with Crippen molar-refractivity contribution in [3.8, 4) is 11.3 Å². The van der Waals surface area contributed by atoms with Gasteiger partial charge < -0.3 is 0 Å². The molecule has 100 valence electrons. The van der Waals surface area contributed by atoms with Gasteiger partial charge in [-0.15, -0.1) is 0 Å². The van der Waals surface area contributed by atoms with Gasteiger partial charge in [0.1, 0.15) is 5.65 Å². The van der Waals surface area contributed by atoms with E-state index in [0.717, 1.165) is 5.56 Å². The lowest BCUT2D eigenvalue weighted by Crippen LogP contribution is -1.93. The highest BCUT2D eigenvalue weighted by atomic mass is 35.5. The van der Waals surface area contributed by atoms with Crippen molar-refractivity contribution in [3.63, 3.8) is 0 Å². The summed E-state index contributed by atoms with van der Waals surface area (Å²) in [5.74, 6) is 0. The zero-order valence-electron chi connectivity index (χ0n) is 9.96. The highest BCUT2D eigenvalue weighted by Gasteiger charge is 2.12. The Morgan fingerprint density at radius 3 is 2.65 bits per heavy atom. The molecule has 0 saturated heterocycles. The third-order valence-corrected chi connectivity index (χ3v) is 3.66. The van der Waals surface area contributed by atoms with Crippen LogP contribution in [0.5, 0.6) is 0 Å². The van der Waals surface area contributed by atoms with Gasteiger partial charge in [0.05, 0.1) is 33.1 Å². The molecule has 3 rings (SSSR count). The first-order valence-electron chi connectivity index (χ1n) is 5.63. The molecule has 2 aromatic heterocycles. The molecule has 0 unspecified atom stereocenters. The van der Waals surface area contributed by atoms with Crippen LogP contribution >= 0.6 is 23.2 Å². The second kappa shape index (κ2) is 4.77. The highest BCUT2D eigenvalue weighted by molar-refractivity contribution is 6.42. The second-order valence-corrected chi connectivity index (χ2v) is 4.96. The SMILES string of the molecule is O=[N+]([O-])c1ccc2ncc(-c3ccc(Cl)c(Cl)c3)n2c1. The number of nitrogens with zero attached hydrogens (tertiary/aromatic N) is 3. The van der Waals surface area contributed by atoms with Crippen molar-refractivity contribution < 1.29 is 4.92 Å². The zero-order chi connectivity index (χ0) is 14.3. The Morgan fingerprint density at radius 2 is 1.95 bits per heavy atom. The highest BCUT2D eigenvalue weighted by Crippen LogP contribution is 2.29. The van der Waals surface area contributed by atoms with E-state index >= 15 is 0 Å². The molecule has 0 atom stereocenters. The number of hydrogen-bond donors (Lipinski definition) is 0. The van der Waals surface area contributed by atoms with Crippen molar-refractivity contribution in [2.45, 2.75) is 0 Å². The van der Waals surface area contributed by atoms with Crippen LogP contribution in [-0.4, -0.2) is 14.3 Å². The Bertz CT molecular complexity index is 830. The maximum atomic E-state index is 10.8. The fourth-order valence-electron chi connectivity index (χ4n) is 1.95. The number of nitro groups is 1. The van der Waals surface area contributed by atoms with Gasteiger partial charge in [-0.05, 0) is 18.2 Å². The first kappa shape index (κ1) is 12.9. The lowest BCUT2D eigenvalue weighted by molar-refractivity contribution is -0.385. The van der Waals surface area contributed by atoms with Crippen molar-refractivity contribution in [3.05, 3.63) is 62.9 Å². The van der Waals surface area contributed by atoms with E-state index in [1.165, 1.54) is 12.3 Å². The lowest BCUT2D eigenvalue weighted by Gasteiger charge is -2.03. The molecule has 2 heterocycles. The largest absolute Gasteiger partial charge is 0.293 e. The minimum Gasteiger partial charge on any atom is -0.293 e. The minimum atomic E-state index is -0.446. The maximum Gasteiger partial charge on any atom is 0.286 e. The molecule has 0 aliphatic rings. The fraction of sp³-hybridized carbons (Fsp3) is 0. The molecule has 0 amide bonds. The smallest absolute Gasteiger partial charge is 0.286 e. The van der Waals surface area contributed by atoms with Gasteiger partial charge in [0.25, 0.3) is 5.69 Å². The molecule has 7 heteroatoms. The Hall–Kier alpha value is -2.11. The van der Waals surface area contributed by atoms with Crippen molar-refractivity contribution in [2.24, 2.45) is 0 Å². The summed E-state index contributed by atoms with van der Waals surface area (Å²) in [5.41, 5.74) is 2.11. The summed E-state index contributed by atoms with van der Waals surface area (Å²) >= 11 is 11.9. The third-order valence-electron chi connectivity index (χ3n) is 2.92.